The highest BCUT2D eigenvalue weighted by Crippen LogP contribution is 2.40. The van der Waals surface area contributed by atoms with Gasteiger partial charge in [0.2, 0.25) is 17.7 Å². The topological polar surface area (TPSA) is 144 Å². The smallest absolute Gasteiger partial charge is 0.254 e. The zero-order valence-corrected chi connectivity index (χ0v) is 30.2. The Kier molecular flexibility index (Phi) is 13.1. The first-order valence-electron chi connectivity index (χ1n) is 16.3. The van der Waals surface area contributed by atoms with Crippen LogP contribution in [0.15, 0.2) is 87.3 Å². The fourth-order valence-electron chi connectivity index (χ4n) is 5.70. The van der Waals surface area contributed by atoms with Crippen molar-refractivity contribution in [3.63, 3.8) is 0 Å². The number of carbonyl (C=O) groups excluding carboxylic acids is 1. The zero-order valence-electron chi connectivity index (χ0n) is 28.7. The summed E-state index contributed by atoms with van der Waals surface area (Å²) >= 11 is 14.0. The van der Waals surface area contributed by atoms with Crippen LogP contribution in [0.4, 0.5) is 0 Å². The summed E-state index contributed by atoms with van der Waals surface area (Å²) in [5.74, 6) is 0.718. The van der Waals surface area contributed by atoms with Crippen molar-refractivity contribution in [2.45, 2.75) is 38.4 Å². The second kappa shape index (κ2) is 17.9. The number of carbonyl (C=O) groups is 1. The number of ether oxygens (including phenoxy) is 2. The van der Waals surface area contributed by atoms with Crippen LogP contribution in [-0.2, 0) is 36.1 Å². The van der Waals surface area contributed by atoms with Crippen LogP contribution < -0.4 is 26.2 Å². The monoisotopic (exact) mass is 730 g/mol. The molecule has 266 valence electrons. The molecule has 14 heteroatoms. The largest absolute Gasteiger partial charge is 0.480 e. The minimum Gasteiger partial charge on any atom is -0.480 e. The number of nitrogens with one attached hydrogen (secondary N) is 3. The normalized spacial score (nSPS) is 14.8. The first-order valence-corrected chi connectivity index (χ1v) is 17.1. The highest BCUT2D eigenvalue weighted by atomic mass is 35.5. The lowest BCUT2D eigenvalue weighted by molar-refractivity contribution is -0.119. The highest BCUT2D eigenvalue weighted by molar-refractivity contribution is 6.38. The summed E-state index contributed by atoms with van der Waals surface area (Å²) in [5.41, 5.74) is 5.28. The molecule has 51 heavy (non-hydrogen) atoms. The molecule has 1 saturated heterocycles. The minimum atomic E-state index is -0.0587. The molecule has 1 fully saturated rings. The van der Waals surface area contributed by atoms with Crippen LogP contribution in [0.2, 0.25) is 10.0 Å². The van der Waals surface area contributed by atoms with Gasteiger partial charge >= 0.3 is 0 Å². The van der Waals surface area contributed by atoms with Gasteiger partial charge in [-0.05, 0) is 24.8 Å². The Labute approximate surface area is 306 Å². The molecule has 1 aliphatic heterocycles. The SMILES string of the molecule is C=N/C(OC)=C(/CNC[C@@H]1CCC(=O)N1)N=CCc1cccc(-c2cccc(-c3cnc(CNCc4cccn(C)c4=O)c(OC)n3)c2Cl)c1Cl. The van der Waals surface area contributed by atoms with Gasteiger partial charge in [-0.2, -0.15) is 0 Å². The molecule has 0 radical (unpaired) electrons. The summed E-state index contributed by atoms with van der Waals surface area (Å²) in [6, 6.07) is 15.1. The Morgan fingerprint density at radius 2 is 1.78 bits per heavy atom. The standard InChI is InChI=1S/C37H40Cl2N8O4/c1-40-35(50-3)30(20-42-19-25-13-14-32(48)45-25)43-16-15-23-8-5-10-26(33(23)38)27-11-6-12-28(34(27)39)29-22-44-31(36(46-29)51-4)21-41-18-24-9-7-17-47(2)37(24)49/h5-12,16-17,22,25,41-42H,1,13-15,18-21H2,2-4H3,(H,45,48)/b35-30+,43-16?/t25-/m0/s1. The molecule has 1 aliphatic rings. The molecule has 0 spiro atoms. The number of methoxy groups -OCH3 is 2. The van der Waals surface area contributed by atoms with Crippen LogP contribution in [0, 0.1) is 0 Å². The lowest BCUT2D eigenvalue weighted by atomic mass is 9.99. The van der Waals surface area contributed by atoms with E-state index in [2.05, 4.69) is 37.6 Å². The lowest BCUT2D eigenvalue weighted by Crippen LogP contribution is -2.36. The second-order valence-corrected chi connectivity index (χ2v) is 12.5. The van der Waals surface area contributed by atoms with Crippen LogP contribution in [0.5, 0.6) is 5.88 Å². The number of amides is 1. The summed E-state index contributed by atoms with van der Waals surface area (Å²) in [4.78, 5) is 41.8. The molecule has 0 saturated carbocycles. The summed E-state index contributed by atoms with van der Waals surface area (Å²) in [5, 5.41) is 10.5. The van der Waals surface area contributed by atoms with E-state index in [1.165, 1.54) is 18.8 Å². The molecule has 0 aliphatic carbocycles. The van der Waals surface area contributed by atoms with E-state index in [1.54, 1.807) is 31.7 Å². The third kappa shape index (κ3) is 9.27. The number of halogens is 2. The van der Waals surface area contributed by atoms with Gasteiger partial charge in [0.1, 0.15) is 11.4 Å². The molecular formula is C37H40Cl2N8O4. The molecule has 0 unspecified atom stereocenters. The molecule has 1 amide bonds. The van der Waals surface area contributed by atoms with Gasteiger partial charge < -0.3 is 30.0 Å². The minimum absolute atomic E-state index is 0.0587. The first kappa shape index (κ1) is 37.4. The number of benzene rings is 2. The predicted octanol–water partition coefficient (Wildman–Crippen LogP) is 5.11. The van der Waals surface area contributed by atoms with Crippen LogP contribution in [-0.4, -0.2) is 66.7 Å². The molecule has 4 aromatic rings. The average molecular weight is 732 g/mol. The van der Waals surface area contributed by atoms with Crippen LogP contribution >= 0.6 is 23.2 Å². The molecule has 0 bridgehead atoms. The van der Waals surface area contributed by atoms with Crippen molar-refractivity contribution in [1.29, 1.82) is 0 Å². The Balaban J connectivity index is 1.31. The molecule has 2 aromatic carbocycles. The van der Waals surface area contributed by atoms with Gasteiger partial charge in [-0.25, -0.2) is 9.98 Å². The maximum absolute atomic E-state index is 12.3. The van der Waals surface area contributed by atoms with Gasteiger partial charge in [0.05, 0.1) is 36.2 Å². The number of hydrogen-bond donors (Lipinski definition) is 3. The van der Waals surface area contributed by atoms with Crippen LogP contribution in [0.25, 0.3) is 22.4 Å². The second-order valence-electron chi connectivity index (χ2n) is 11.8. The maximum atomic E-state index is 12.3. The number of aryl methyl sites for hydroxylation is 1. The maximum Gasteiger partial charge on any atom is 0.254 e. The summed E-state index contributed by atoms with van der Waals surface area (Å²) in [6.07, 6.45) is 6.87. The molecular weight excluding hydrogens is 691 g/mol. The van der Waals surface area contributed by atoms with Gasteiger partial charge in [0.15, 0.2) is 0 Å². The quantitative estimate of drug-likeness (QED) is 0.107. The van der Waals surface area contributed by atoms with Gasteiger partial charge in [0.25, 0.3) is 5.56 Å². The van der Waals surface area contributed by atoms with Crippen molar-refractivity contribution in [3.05, 3.63) is 110 Å². The number of hydrogen-bond acceptors (Lipinski definition) is 10. The summed E-state index contributed by atoms with van der Waals surface area (Å²) in [6.45, 7) is 5.29. The van der Waals surface area contributed by atoms with Crippen molar-refractivity contribution in [3.8, 4) is 28.3 Å². The fraction of sp³-hybridized carbons (Fsp3) is 0.297. The molecule has 2 aromatic heterocycles. The molecule has 3 N–H and O–H groups in total. The van der Waals surface area contributed by atoms with E-state index >= 15 is 0 Å². The van der Waals surface area contributed by atoms with Crippen molar-refractivity contribution >= 4 is 42.0 Å². The molecule has 12 nitrogen and oxygen atoms in total. The van der Waals surface area contributed by atoms with Gasteiger partial charge in [-0.15, -0.1) is 0 Å². The van der Waals surface area contributed by atoms with E-state index in [4.69, 9.17) is 37.7 Å². The number of pyridine rings is 1. The lowest BCUT2D eigenvalue weighted by Gasteiger charge is -2.14. The number of nitrogens with zero attached hydrogens (tertiary/aromatic N) is 5. The highest BCUT2D eigenvalue weighted by Gasteiger charge is 2.21. The van der Waals surface area contributed by atoms with E-state index in [0.717, 1.165) is 23.1 Å². The van der Waals surface area contributed by atoms with E-state index in [-0.39, 0.29) is 17.5 Å². The Hall–Kier alpha value is -4.88. The third-order valence-electron chi connectivity index (χ3n) is 8.37. The van der Waals surface area contributed by atoms with Crippen molar-refractivity contribution in [2.75, 3.05) is 27.3 Å². The fourth-order valence-corrected chi connectivity index (χ4v) is 6.33. The Morgan fingerprint density at radius 3 is 2.51 bits per heavy atom. The predicted molar refractivity (Wildman–Crippen MR) is 202 cm³/mol. The van der Waals surface area contributed by atoms with Gasteiger partial charge in [0, 0.05) is 86.8 Å². The number of rotatable bonds is 16. The van der Waals surface area contributed by atoms with Crippen molar-refractivity contribution in [1.82, 2.24) is 30.5 Å². The Bertz CT molecular complexity index is 2010. The Morgan fingerprint density at radius 1 is 1.04 bits per heavy atom. The third-order valence-corrected chi connectivity index (χ3v) is 9.22. The summed E-state index contributed by atoms with van der Waals surface area (Å²) in [7, 11) is 4.77. The molecule has 1 atom stereocenters. The van der Waals surface area contributed by atoms with E-state index < -0.39 is 0 Å². The van der Waals surface area contributed by atoms with E-state index in [1.807, 2.05) is 42.5 Å². The average Bonchev–Trinajstić information content (AvgIpc) is 3.56. The zero-order chi connectivity index (χ0) is 36.3. The molecule has 5 rings (SSSR count). The van der Waals surface area contributed by atoms with E-state index in [0.29, 0.717) is 89.0 Å². The van der Waals surface area contributed by atoms with Crippen LogP contribution in [0.1, 0.15) is 29.7 Å². The van der Waals surface area contributed by atoms with E-state index in [9.17, 15) is 9.59 Å². The van der Waals surface area contributed by atoms with Gasteiger partial charge in [-0.1, -0.05) is 65.7 Å². The summed E-state index contributed by atoms with van der Waals surface area (Å²) < 4.78 is 12.5. The number of aromatic nitrogens is 3. The van der Waals surface area contributed by atoms with Gasteiger partial charge in [-0.3, -0.25) is 19.6 Å². The van der Waals surface area contributed by atoms with Crippen molar-refractivity contribution < 1.29 is 14.3 Å². The van der Waals surface area contributed by atoms with Crippen LogP contribution in [0.3, 0.4) is 0 Å². The molecule has 3 heterocycles. The van der Waals surface area contributed by atoms with Crippen molar-refractivity contribution in [2.24, 2.45) is 17.0 Å². The first-order chi connectivity index (χ1) is 24.7. The number of aliphatic imine (C=N–C) groups is 2.